The molecule has 0 spiro atoms. The van der Waals surface area contributed by atoms with Crippen molar-refractivity contribution in [2.75, 3.05) is 0 Å². The minimum absolute atomic E-state index is 0.0262. The molecule has 1 aromatic carbocycles. The Bertz CT molecular complexity index is 530. The summed E-state index contributed by atoms with van der Waals surface area (Å²) >= 11 is 24.0. The third-order valence-corrected chi connectivity index (χ3v) is 5.63. The van der Waals surface area contributed by atoms with Gasteiger partial charge in [0.25, 0.3) is 0 Å². The molecule has 5 heteroatoms. The van der Waals surface area contributed by atoms with E-state index in [0.717, 1.165) is 12.8 Å². The molecule has 18 heavy (non-hydrogen) atoms. The fraction of sp³-hybridized carbons (Fsp3) is 0.462. The van der Waals surface area contributed by atoms with Gasteiger partial charge in [-0.15, -0.1) is 0 Å². The summed E-state index contributed by atoms with van der Waals surface area (Å²) in [4.78, 5) is 12.5. The van der Waals surface area contributed by atoms with Crippen LogP contribution in [0.1, 0.15) is 29.6 Å². The zero-order valence-corrected chi connectivity index (χ0v) is 12.4. The van der Waals surface area contributed by atoms with Crippen molar-refractivity contribution in [3.05, 3.63) is 31.7 Å². The fourth-order valence-electron chi connectivity index (χ4n) is 3.17. The van der Waals surface area contributed by atoms with Crippen LogP contribution in [0, 0.1) is 17.8 Å². The van der Waals surface area contributed by atoms with Gasteiger partial charge in [-0.2, -0.15) is 0 Å². The van der Waals surface area contributed by atoms with Crippen molar-refractivity contribution in [3.8, 4) is 0 Å². The third kappa shape index (κ3) is 1.87. The topological polar surface area (TPSA) is 17.1 Å². The molecule has 2 aliphatic carbocycles. The van der Waals surface area contributed by atoms with E-state index in [1.165, 1.54) is 12.5 Å². The van der Waals surface area contributed by atoms with E-state index < -0.39 is 0 Å². The van der Waals surface area contributed by atoms with Gasteiger partial charge in [-0.3, -0.25) is 4.79 Å². The number of ketones is 1. The van der Waals surface area contributed by atoms with Crippen LogP contribution in [0.3, 0.4) is 0 Å². The molecule has 0 amide bonds. The number of carbonyl (C=O) groups is 1. The predicted octanol–water partition coefficient (Wildman–Crippen LogP) is 5.53. The molecule has 96 valence electrons. The lowest BCUT2D eigenvalue weighted by molar-refractivity contribution is 0.0952. The van der Waals surface area contributed by atoms with Crippen LogP contribution in [-0.4, -0.2) is 5.78 Å². The van der Waals surface area contributed by atoms with Crippen LogP contribution in [0.25, 0.3) is 0 Å². The lowest BCUT2D eigenvalue weighted by Gasteiger charge is -2.10. The van der Waals surface area contributed by atoms with Gasteiger partial charge in [-0.25, -0.2) is 0 Å². The highest BCUT2D eigenvalue weighted by molar-refractivity contribution is 6.51. The molecule has 2 saturated carbocycles. The van der Waals surface area contributed by atoms with Gasteiger partial charge in [0.2, 0.25) is 0 Å². The second-order valence-corrected chi connectivity index (χ2v) is 6.56. The van der Waals surface area contributed by atoms with Crippen molar-refractivity contribution < 1.29 is 4.79 Å². The van der Waals surface area contributed by atoms with E-state index in [0.29, 0.717) is 22.4 Å². The van der Waals surface area contributed by atoms with Crippen LogP contribution in [0.4, 0.5) is 0 Å². The summed E-state index contributed by atoms with van der Waals surface area (Å²) < 4.78 is 0. The summed E-state index contributed by atoms with van der Waals surface area (Å²) in [7, 11) is 0. The smallest absolute Gasteiger partial charge is 0.169 e. The average Bonchev–Trinajstić information content (AvgIpc) is 2.80. The van der Waals surface area contributed by atoms with E-state index in [4.69, 9.17) is 46.4 Å². The van der Waals surface area contributed by atoms with E-state index in [1.807, 2.05) is 0 Å². The molecular formula is C13H10Cl4O. The summed E-state index contributed by atoms with van der Waals surface area (Å²) in [6.07, 6.45) is 3.50. The van der Waals surface area contributed by atoms with E-state index in [1.54, 1.807) is 0 Å². The van der Waals surface area contributed by atoms with Gasteiger partial charge in [-0.1, -0.05) is 52.8 Å². The molecule has 0 heterocycles. The average molecular weight is 324 g/mol. The van der Waals surface area contributed by atoms with Crippen molar-refractivity contribution in [1.29, 1.82) is 0 Å². The first-order valence-corrected chi connectivity index (χ1v) is 7.40. The number of Topliss-reactive ketones (excluding diaryl/α,β-unsaturated/α-hetero) is 1. The maximum Gasteiger partial charge on any atom is 0.169 e. The lowest BCUT2D eigenvalue weighted by Crippen LogP contribution is -2.08. The van der Waals surface area contributed by atoms with E-state index in [-0.39, 0.29) is 26.8 Å². The van der Waals surface area contributed by atoms with E-state index in [2.05, 4.69) is 0 Å². The van der Waals surface area contributed by atoms with Crippen LogP contribution >= 0.6 is 46.4 Å². The zero-order chi connectivity index (χ0) is 13.0. The van der Waals surface area contributed by atoms with Crippen molar-refractivity contribution in [2.24, 2.45) is 17.8 Å². The quantitative estimate of drug-likeness (QED) is 0.397. The molecule has 2 unspecified atom stereocenters. The molecule has 0 bridgehead atoms. The molecule has 2 fully saturated rings. The van der Waals surface area contributed by atoms with Crippen molar-refractivity contribution in [2.45, 2.75) is 19.3 Å². The Morgan fingerprint density at radius 3 is 2.22 bits per heavy atom. The number of hydrogen-bond acceptors (Lipinski definition) is 1. The lowest BCUT2D eigenvalue weighted by atomic mass is 10.0. The minimum atomic E-state index is 0.0262. The summed E-state index contributed by atoms with van der Waals surface area (Å²) in [6, 6.07) is 1.49. The first-order chi connectivity index (χ1) is 8.52. The Morgan fingerprint density at radius 2 is 1.61 bits per heavy atom. The standard InChI is InChI=1S/C13H10Cl4O/c14-7-4-8(15)11(16)12(17)10(7)13(18)9-5-2-1-3-6(5)9/h4-6,9H,1-3H2. The first-order valence-electron chi connectivity index (χ1n) is 5.89. The van der Waals surface area contributed by atoms with Gasteiger partial charge in [-0.05, 0) is 30.7 Å². The SMILES string of the molecule is O=C(c1c(Cl)cc(Cl)c(Cl)c1Cl)C1C2CCCC21. The van der Waals surface area contributed by atoms with Crippen LogP contribution in [-0.2, 0) is 0 Å². The molecule has 0 aromatic heterocycles. The maximum atomic E-state index is 12.5. The highest BCUT2D eigenvalue weighted by Gasteiger charge is 2.56. The molecule has 1 nitrogen and oxygen atoms in total. The third-order valence-electron chi connectivity index (χ3n) is 4.07. The maximum absolute atomic E-state index is 12.5. The number of hydrogen-bond donors (Lipinski definition) is 0. The van der Waals surface area contributed by atoms with Crippen LogP contribution < -0.4 is 0 Å². The van der Waals surface area contributed by atoms with E-state index >= 15 is 0 Å². The Kier molecular flexibility index (Phi) is 3.30. The van der Waals surface area contributed by atoms with Crippen LogP contribution in [0.5, 0.6) is 0 Å². The number of halogens is 4. The molecule has 0 saturated heterocycles. The monoisotopic (exact) mass is 322 g/mol. The Hall–Kier alpha value is 0.0500. The molecule has 1 aromatic rings. The highest BCUT2D eigenvalue weighted by Crippen LogP contribution is 2.59. The fourth-order valence-corrected chi connectivity index (χ4v) is 4.27. The van der Waals surface area contributed by atoms with E-state index in [9.17, 15) is 4.79 Å². The van der Waals surface area contributed by atoms with Gasteiger partial charge in [0.1, 0.15) is 0 Å². The summed E-state index contributed by atoms with van der Waals surface area (Å²) in [5, 5.41) is 0.963. The molecule has 0 aliphatic heterocycles. The summed E-state index contributed by atoms with van der Waals surface area (Å²) in [6.45, 7) is 0. The first kappa shape index (κ1) is 13.1. The van der Waals surface area contributed by atoms with Crippen LogP contribution in [0.2, 0.25) is 20.1 Å². The van der Waals surface area contributed by atoms with Gasteiger partial charge < -0.3 is 0 Å². The summed E-state index contributed by atoms with van der Waals surface area (Å²) in [5.74, 6) is 1.17. The van der Waals surface area contributed by atoms with Gasteiger partial charge >= 0.3 is 0 Å². The number of benzene rings is 1. The largest absolute Gasteiger partial charge is 0.294 e. The molecule has 2 atom stereocenters. The Morgan fingerprint density at radius 1 is 1.00 bits per heavy atom. The molecule has 3 rings (SSSR count). The molecule has 0 radical (unpaired) electrons. The second-order valence-electron chi connectivity index (χ2n) is 4.99. The summed E-state index contributed by atoms with van der Waals surface area (Å²) in [5.41, 5.74) is 0.340. The number of rotatable bonds is 2. The van der Waals surface area contributed by atoms with Crippen molar-refractivity contribution in [3.63, 3.8) is 0 Å². The van der Waals surface area contributed by atoms with Gasteiger partial charge in [0, 0.05) is 5.92 Å². The Labute approximate surface area is 125 Å². The van der Waals surface area contributed by atoms with Crippen molar-refractivity contribution in [1.82, 2.24) is 0 Å². The second kappa shape index (κ2) is 4.56. The molecular weight excluding hydrogens is 314 g/mol. The van der Waals surface area contributed by atoms with Gasteiger partial charge in [0.05, 0.1) is 25.7 Å². The number of fused-ring (bicyclic) bond motifs is 1. The Balaban J connectivity index is 1.97. The predicted molar refractivity (Wildman–Crippen MR) is 75.1 cm³/mol. The minimum Gasteiger partial charge on any atom is -0.294 e. The van der Waals surface area contributed by atoms with Crippen LogP contribution in [0.15, 0.2) is 6.07 Å². The zero-order valence-electron chi connectivity index (χ0n) is 9.35. The molecule has 0 N–H and O–H groups in total. The molecule has 2 aliphatic rings. The number of carbonyl (C=O) groups excluding carboxylic acids is 1. The highest BCUT2D eigenvalue weighted by atomic mass is 35.5. The normalized spacial score (nSPS) is 29.2. The van der Waals surface area contributed by atoms with Crippen molar-refractivity contribution >= 4 is 52.2 Å². The van der Waals surface area contributed by atoms with Gasteiger partial charge in [0.15, 0.2) is 5.78 Å².